The van der Waals surface area contributed by atoms with Gasteiger partial charge in [0.25, 0.3) is 0 Å². The Bertz CT molecular complexity index is 427. The summed E-state index contributed by atoms with van der Waals surface area (Å²) >= 11 is 0. The second kappa shape index (κ2) is 8.18. The molecule has 0 aromatic carbocycles. The monoisotopic (exact) mass is 276 g/mol. The van der Waals surface area contributed by atoms with Crippen molar-refractivity contribution >= 4 is 11.6 Å². The van der Waals surface area contributed by atoms with Crippen LogP contribution in [0.4, 0.5) is 0 Å². The minimum atomic E-state index is 0.00821. The Morgan fingerprint density at radius 3 is 2.30 bits per heavy atom. The first kappa shape index (κ1) is 16.9. The summed E-state index contributed by atoms with van der Waals surface area (Å²) in [5.41, 5.74) is 1.94. The van der Waals surface area contributed by atoms with Gasteiger partial charge in [0.1, 0.15) is 0 Å². The molecule has 0 bridgehead atoms. The Hall–Kier alpha value is -1.18. The molecule has 0 N–H and O–H groups in total. The lowest BCUT2D eigenvalue weighted by Crippen LogP contribution is -2.16. The van der Waals surface area contributed by atoms with Gasteiger partial charge in [-0.15, -0.1) is 0 Å². The van der Waals surface area contributed by atoms with Gasteiger partial charge in [-0.1, -0.05) is 46.0 Å². The Morgan fingerprint density at radius 1 is 1.00 bits per heavy atom. The topological polar surface area (TPSA) is 34.1 Å². The van der Waals surface area contributed by atoms with Crippen LogP contribution in [0.3, 0.4) is 0 Å². The predicted molar refractivity (Wildman–Crippen MR) is 83.6 cm³/mol. The Kier molecular flexibility index (Phi) is 6.90. The van der Waals surface area contributed by atoms with E-state index in [0.29, 0.717) is 16.7 Å². The maximum absolute atomic E-state index is 12.1. The van der Waals surface area contributed by atoms with Gasteiger partial charge in [0, 0.05) is 16.7 Å². The summed E-state index contributed by atoms with van der Waals surface area (Å²) < 4.78 is 0. The SMILES string of the molecule is CCC(C)CCCCCCC1=CC(=O)C(C)=C(C)C1=O. The van der Waals surface area contributed by atoms with Crippen LogP contribution in [0.2, 0.25) is 0 Å². The number of rotatable bonds is 8. The molecular weight excluding hydrogens is 248 g/mol. The molecule has 0 aliphatic heterocycles. The van der Waals surface area contributed by atoms with E-state index < -0.39 is 0 Å². The van der Waals surface area contributed by atoms with Crippen LogP contribution < -0.4 is 0 Å². The quantitative estimate of drug-likeness (QED) is 0.472. The molecule has 0 amide bonds. The molecule has 0 saturated carbocycles. The molecular formula is C18H28O2. The molecule has 1 aliphatic carbocycles. The van der Waals surface area contributed by atoms with Crippen molar-refractivity contribution in [1.29, 1.82) is 0 Å². The Labute approximate surface area is 123 Å². The first-order valence-corrected chi connectivity index (χ1v) is 7.94. The van der Waals surface area contributed by atoms with E-state index in [9.17, 15) is 9.59 Å². The summed E-state index contributed by atoms with van der Waals surface area (Å²) in [6.45, 7) is 8.03. The van der Waals surface area contributed by atoms with Crippen molar-refractivity contribution in [2.24, 2.45) is 5.92 Å². The molecule has 2 heteroatoms. The van der Waals surface area contributed by atoms with Gasteiger partial charge >= 0.3 is 0 Å². The number of Topliss-reactive ketones (excluding diaryl/α,β-unsaturated/α-hetero) is 1. The number of ketones is 2. The lowest BCUT2D eigenvalue weighted by molar-refractivity contribution is -0.116. The first-order valence-electron chi connectivity index (χ1n) is 7.94. The number of allylic oxidation sites excluding steroid dienone is 4. The molecule has 0 radical (unpaired) electrons. The zero-order valence-corrected chi connectivity index (χ0v) is 13.4. The molecule has 112 valence electrons. The highest BCUT2D eigenvalue weighted by Gasteiger charge is 2.22. The van der Waals surface area contributed by atoms with E-state index in [4.69, 9.17) is 0 Å². The molecule has 0 saturated heterocycles. The number of unbranched alkanes of at least 4 members (excludes halogenated alkanes) is 3. The molecule has 20 heavy (non-hydrogen) atoms. The van der Waals surface area contributed by atoms with E-state index in [-0.39, 0.29) is 11.6 Å². The normalized spacial score (nSPS) is 17.5. The van der Waals surface area contributed by atoms with Gasteiger partial charge in [-0.3, -0.25) is 9.59 Å². The molecule has 0 aromatic rings. The van der Waals surface area contributed by atoms with E-state index in [2.05, 4.69) is 13.8 Å². The van der Waals surface area contributed by atoms with Gasteiger partial charge in [0.15, 0.2) is 11.6 Å². The van der Waals surface area contributed by atoms with Crippen LogP contribution in [-0.4, -0.2) is 11.6 Å². The fourth-order valence-corrected chi connectivity index (χ4v) is 2.48. The minimum absolute atomic E-state index is 0.00821. The molecule has 1 rings (SSSR count). The third-order valence-corrected chi connectivity index (χ3v) is 4.46. The van der Waals surface area contributed by atoms with Gasteiger partial charge < -0.3 is 0 Å². The number of carbonyl (C=O) groups excluding carboxylic acids is 2. The molecule has 2 nitrogen and oxygen atoms in total. The third-order valence-electron chi connectivity index (χ3n) is 4.46. The van der Waals surface area contributed by atoms with E-state index >= 15 is 0 Å². The van der Waals surface area contributed by atoms with E-state index in [1.165, 1.54) is 25.7 Å². The lowest BCUT2D eigenvalue weighted by Gasteiger charge is -2.14. The Morgan fingerprint density at radius 2 is 1.65 bits per heavy atom. The van der Waals surface area contributed by atoms with Crippen LogP contribution in [-0.2, 0) is 9.59 Å². The average molecular weight is 276 g/mol. The molecule has 1 unspecified atom stereocenters. The zero-order valence-electron chi connectivity index (χ0n) is 13.4. The average Bonchev–Trinajstić information content (AvgIpc) is 2.45. The maximum atomic E-state index is 12.1. The summed E-state index contributed by atoms with van der Waals surface area (Å²) in [6, 6.07) is 0. The number of carbonyl (C=O) groups is 2. The van der Waals surface area contributed by atoms with Crippen LogP contribution in [0.1, 0.15) is 72.6 Å². The van der Waals surface area contributed by atoms with Crippen molar-refractivity contribution in [3.05, 3.63) is 22.8 Å². The fourth-order valence-electron chi connectivity index (χ4n) is 2.48. The van der Waals surface area contributed by atoms with Gasteiger partial charge in [-0.05, 0) is 38.7 Å². The van der Waals surface area contributed by atoms with Crippen LogP contribution >= 0.6 is 0 Å². The highest BCUT2D eigenvalue weighted by Crippen LogP contribution is 2.23. The Balaban J connectivity index is 2.28. The molecule has 0 fully saturated rings. The largest absolute Gasteiger partial charge is 0.290 e. The molecule has 1 atom stereocenters. The van der Waals surface area contributed by atoms with Crippen molar-refractivity contribution in [3.63, 3.8) is 0 Å². The predicted octanol–water partition coefficient (Wildman–Crippen LogP) is 4.79. The fraction of sp³-hybridized carbons (Fsp3) is 0.667. The highest BCUT2D eigenvalue weighted by molar-refractivity contribution is 6.22. The van der Waals surface area contributed by atoms with Crippen LogP contribution in [0.5, 0.6) is 0 Å². The number of hydrogen-bond acceptors (Lipinski definition) is 2. The zero-order chi connectivity index (χ0) is 15.1. The second-order valence-corrected chi connectivity index (χ2v) is 6.08. The lowest BCUT2D eigenvalue weighted by atomic mass is 9.88. The molecule has 0 aromatic heterocycles. The first-order chi connectivity index (χ1) is 9.47. The van der Waals surface area contributed by atoms with Crippen LogP contribution in [0.25, 0.3) is 0 Å². The highest BCUT2D eigenvalue weighted by atomic mass is 16.1. The van der Waals surface area contributed by atoms with Gasteiger partial charge in [-0.25, -0.2) is 0 Å². The minimum Gasteiger partial charge on any atom is -0.290 e. The smallest absolute Gasteiger partial charge is 0.185 e. The summed E-state index contributed by atoms with van der Waals surface area (Å²) in [7, 11) is 0. The summed E-state index contributed by atoms with van der Waals surface area (Å²) in [5, 5.41) is 0. The van der Waals surface area contributed by atoms with E-state index in [1.807, 2.05) is 0 Å². The van der Waals surface area contributed by atoms with Crippen molar-refractivity contribution in [2.45, 2.75) is 72.6 Å². The van der Waals surface area contributed by atoms with Gasteiger partial charge in [0.2, 0.25) is 0 Å². The molecule has 0 spiro atoms. The van der Waals surface area contributed by atoms with E-state index in [0.717, 1.165) is 25.2 Å². The molecule has 1 aliphatic rings. The van der Waals surface area contributed by atoms with Gasteiger partial charge in [-0.2, -0.15) is 0 Å². The molecule has 0 heterocycles. The summed E-state index contributed by atoms with van der Waals surface area (Å²) in [6.07, 6.45) is 9.52. The van der Waals surface area contributed by atoms with Crippen molar-refractivity contribution < 1.29 is 9.59 Å². The van der Waals surface area contributed by atoms with Crippen molar-refractivity contribution in [3.8, 4) is 0 Å². The van der Waals surface area contributed by atoms with Crippen molar-refractivity contribution in [2.75, 3.05) is 0 Å². The third kappa shape index (κ3) is 4.73. The standard InChI is InChI=1S/C18H28O2/c1-5-13(2)10-8-6-7-9-11-16-12-17(19)14(3)15(4)18(16)20/h12-13H,5-11H2,1-4H3. The summed E-state index contributed by atoms with van der Waals surface area (Å²) in [4.78, 5) is 23.8. The second-order valence-electron chi connectivity index (χ2n) is 6.08. The van der Waals surface area contributed by atoms with Crippen molar-refractivity contribution in [1.82, 2.24) is 0 Å². The van der Waals surface area contributed by atoms with Crippen LogP contribution in [0, 0.1) is 5.92 Å². The van der Waals surface area contributed by atoms with Crippen LogP contribution in [0.15, 0.2) is 22.8 Å². The van der Waals surface area contributed by atoms with E-state index in [1.54, 1.807) is 19.9 Å². The summed E-state index contributed by atoms with van der Waals surface area (Å²) in [5.74, 6) is 0.904. The number of hydrogen-bond donors (Lipinski definition) is 0. The van der Waals surface area contributed by atoms with Gasteiger partial charge in [0.05, 0.1) is 0 Å². The maximum Gasteiger partial charge on any atom is 0.185 e.